The van der Waals surface area contributed by atoms with Gasteiger partial charge in [-0.15, -0.1) is 0 Å². The van der Waals surface area contributed by atoms with E-state index >= 15 is 0 Å². The third-order valence-corrected chi connectivity index (χ3v) is 3.90. The van der Waals surface area contributed by atoms with Crippen molar-refractivity contribution in [2.75, 3.05) is 25.0 Å². The van der Waals surface area contributed by atoms with Crippen LogP contribution in [-0.4, -0.2) is 42.4 Å². The Balaban J connectivity index is 1.80. The largest absolute Gasteiger partial charge is 0.336 e. The van der Waals surface area contributed by atoms with Crippen molar-refractivity contribution in [2.45, 2.75) is 25.8 Å². The van der Waals surface area contributed by atoms with Crippen molar-refractivity contribution >= 4 is 17.5 Å². The molecule has 0 radical (unpaired) electrons. The molecule has 0 bridgehead atoms. The predicted molar refractivity (Wildman–Crippen MR) is 76.8 cm³/mol. The van der Waals surface area contributed by atoms with E-state index in [9.17, 15) is 9.59 Å². The van der Waals surface area contributed by atoms with Gasteiger partial charge < -0.3 is 15.5 Å². The SMILES string of the molecule is C[C@@H]1CN(C(=O)c2ccc3c(c2)CCC(=O)N3)CCN1. The minimum absolute atomic E-state index is 0.0486. The zero-order valence-corrected chi connectivity index (χ0v) is 11.6. The highest BCUT2D eigenvalue weighted by molar-refractivity contribution is 5.98. The van der Waals surface area contributed by atoms with Crippen molar-refractivity contribution in [1.82, 2.24) is 10.2 Å². The molecule has 0 unspecified atom stereocenters. The number of rotatable bonds is 1. The highest BCUT2D eigenvalue weighted by Gasteiger charge is 2.23. The molecule has 2 aliphatic rings. The Morgan fingerprint density at radius 1 is 1.35 bits per heavy atom. The summed E-state index contributed by atoms with van der Waals surface area (Å²) in [6.07, 6.45) is 1.20. The fraction of sp³-hybridized carbons (Fsp3) is 0.467. The quantitative estimate of drug-likeness (QED) is 0.802. The predicted octanol–water partition coefficient (Wildman–Crippen LogP) is 1.01. The zero-order chi connectivity index (χ0) is 14.1. The molecule has 2 heterocycles. The molecule has 2 aliphatic heterocycles. The molecule has 106 valence electrons. The molecule has 3 rings (SSSR count). The van der Waals surface area contributed by atoms with Crippen molar-refractivity contribution in [3.05, 3.63) is 29.3 Å². The smallest absolute Gasteiger partial charge is 0.253 e. The molecule has 5 nitrogen and oxygen atoms in total. The lowest BCUT2D eigenvalue weighted by atomic mass is 9.99. The van der Waals surface area contributed by atoms with E-state index in [-0.39, 0.29) is 11.8 Å². The van der Waals surface area contributed by atoms with Gasteiger partial charge in [0, 0.05) is 43.3 Å². The number of hydrogen-bond acceptors (Lipinski definition) is 3. The molecule has 1 saturated heterocycles. The van der Waals surface area contributed by atoms with Crippen molar-refractivity contribution < 1.29 is 9.59 Å². The summed E-state index contributed by atoms with van der Waals surface area (Å²) in [5.41, 5.74) is 2.61. The fourth-order valence-electron chi connectivity index (χ4n) is 2.82. The Morgan fingerprint density at radius 3 is 3.00 bits per heavy atom. The minimum atomic E-state index is 0.0486. The molecule has 2 amide bonds. The first kappa shape index (κ1) is 13.1. The number of carbonyl (C=O) groups excluding carboxylic acids is 2. The average molecular weight is 273 g/mol. The van der Waals surface area contributed by atoms with Crippen LogP contribution in [0.2, 0.25) is 0 Å². The van der Waals surface area contributed by atoms with Crippen LogP contribution in [-0.2, 0) is 11.2 Å². The number of amides is 2. The average Bonchev–Trinajstić information content (AvgIpc) is 2.46. The molecule has 5 heteroatoms. The van der Waals surface area contributed by atoms with Gasteiger partial charge >= 0.3 is 0 Å². The molecule has 1 aromatic carbocycles. The molecular weight excluding hydrogens is 254 g/mol. The van der Waals surface area contributed by atoms with Crippen LogP contribution in [0.3, 0.4) is 0 Å². The van der Waals surface area contributed by atoms with Crippen molar-refractivity contribution in [3.8, 4) is 0 Å². The maximum atomic E-state index is 12.5. The molecule has 1 atom stereocenters. The van der Waals surface area contributed by atoms with Crippen LogP contribution in [0.25, 0.3) is 0 Å². The normalized spacial score (nSPS) is 22.1. The van der Waals surface area contributed by atoms with Crippen molar-refractivity contribution in [1.29, 1.82) is 0 Å². The van der Waals surface area contributed by atoms with Gasteiger partial charge in [-0.3, -0.25) is 9.59 Å². The number of aryl methyl sites for hydroxylation is 1. The summed E-state index contributed by atoms with van der Waals surface area (Å²) in [5.74, 6) is 0.130. The second kappa shape index (κ2) is 5.25. The second-order valence-corrected chi connectivity index (χ2v) is 5.53. The number of carbonyl (C=O) groups is 2. The van der Waals surface area contributed by atoms with Gasteiger partial charge in [0.2, 0.25) is 5.91 Å². The number of fused-ring (bicyclic) bond motifs is 1. The van der Waals surface area contributed by atoms with Crippen LogP contribution in [0.4, 0.5) is 5.69 Å². The first-order chi connectivity index (χ1) is 9.63. The maximum absolute atomic E-state index is 12.5. The summed E-state index contributed by atoms with van der Waals surface area (Å²) in [6.45, 7) is 4.42. The molecule has 0 saturated carbocycles. The summed E-state index contributed by atoms with van der Waals surface area (Å²) in [4.78, 5) is 25.7. The lowest BCUT2D eigenvalue weighted by Crippen LogP contribution is -2.51. The van der Waals surface area contributed by atoms with Gasteiger partial charge in [0.15, 0.2) is 0 Å². The van der Waals surface area contributed by atoms with Gasteiger partial charge in [-0.25, -0.2) is 0 Å². The molecule has 20 heavy (non-hydrogen) atoms. The van der Waals surface area contributed by atoms with Crippen LogP contribution in [0.15, 0.2) is 18.2 Å². The van der Waals surface area contributed by atoms with Gasteiger partial charge in [-0.2, -0.15) is 0 Å². The Bertz CT molecular complexity index is 556. The number of anilines is 1. The Kier molecular flexibility index (Phi) is 3.44. The molecule has 2 N–H and O–H groups in total. The maximum Gasteiger partial charge on any atom is 0.253 e. The number of nitrogens with one attached hydrogen (secondary N) is 2. The van der Waals surface area contributed by atoms with Gasteiger partial charge in [0.25, 0.3) is 5.91 Å². The summed E-state index contributed by atoms with van der Waals surface area (Å²) in [6, 6.07) is 5.90. The zero-order valence-electron chi connectivity index (χ0n) is 11.6. The van der Waals surface area contributed by atoms with Crippen LogP contribution < -0.4 is 10.6 Å². The number of benzene rings is 1. The Labute approximate surface area is 118 Å². The monoisotopic (exact) mass is 273 g/mol. The van der Waals surface area contributed by atoms with Gasteiger partial charge in [-0.1, -0.05) is 0 Å². The number of hydrogen-bond donors (Lipinski definition) is 2. The molecule has 0 spiro atoms. The van der Waals surface area contributed by atoms with E-state index in [2.05, 4.69) is 17.6 Å². The van der Waals surface area contributed by atoms with E-state index in [1.54, 1.807) is 6.07 Å². The van der Waals surface area contributed by atoms with Crippen molar-refractivity contribution in [2.24, 2.45) is 0 Å². The van der Waals surface area contributed by atoms with E-state index in [1.807, 2.05) is 17.0 Å². The first-order valence-corrected chi connectivity index (χ1v) is 7.09. The molecule has 1 aromatic rings. The fourth-order valence-corrected chi connectivity index (χ4v) is 2.82. The Hall–Kier alpha value is -1.88. The summed E-state index contributed by atoms with van der Waals surface area (Å²) in [5, 5.41) is 6.17. The standard InChI is InChI=1S/C15H19N3O2/c1-10-9-18(7-6-16-10)15(20)12-2-4-13-11(8-12)3-5-14(19)17-13/h2,4,8,10,16H,3,5-7,9H2,1H3,(H,17,19)/t10-/m1/s1. The van der Waals surface area contributed by atoms with Crippen LogP contribution in [0.1, 0.15) is 29.3 Å². The van der Waals surface area contributed by atoms with E-state index in [1.165, 1.54) is 0 Å². The van der Waals surface area contributed by atoms with Gasteiger partial charge in [0.05, 0.1) is 0 Å². The first-order valence-electron chi connectivity index (χ1n) is 7.09. The highest BCUT2D eigenvalue weighted by Crippen LogP contribution is 2.24. The molecule has 0 aliphatic carbocycles. The van der Waals surface area contributed by atoms with Gasteiger partial charge in [0.1, 0.15) is 0 Å². The highest BCUT2D eigenvalue weighted by atomic mass is 16.2. The van der Waals surface area contributed by atoms with Crippen LogP contribution in [0.5, 0.6) is 0 Å². The van der Waals surface area contributed by atoms with E-state index in [4.69, 9.17) is 0 Å². The third-order valence-electron chi connectivity index (χ3n) is 3.90. The molecule has 0 aromatic heterocycles. The van der Waals surface area contributed by atoms with E-state index in [0.717, 1.165) is 30.9 Å². The van der Waals surface area contributed by atoms with Crippen molar-refractivity contribution in [3.63, 3.8) is 0 Å². The summed E-state index contributed by atoms with van der Waals surface area (Å²) in [7, 11) is 0. The van der Waals surface area contributed by atoms with Gasteiger partial charge in [-0.05, 0) is 37.1 Å². The van der Waals surface area contributed by atoms with E-state index < -0.39 is 0 Å². The lowest BCUT2D eigenvalue weighted by Gasteiger charge is -2.32. The van der Waals surface area contributed by atoms with E-state index in [0.29, 0.717) is 24.4 Å². The number of nitrogens with zero attached hydrogens (tertiary/aromatic N) is 1. The van der Waals surface area contributed by atoms with Crippen LogP contribution in [0, 0.1) is 0 Å². The van der Waals surface area contributed by atoms with Crippen LogP contribution >= 0.6 is 0 Å². The Morgan fingerprint density at radius 2 is 2.20 bits per heavy atom. The second-order valence-electron chi connectivity index (χ2n) is 5.53. The molecular formula is C15H19N3O2. The minimum Gasteiger partial charge on any atom is -0.336 e. The summed E-state index contributed by atoms with van der Waals surface area (Å²) < 4.78 is 0. The third kappa shape index (κ3) is 2.54. The molecule has 1 fully saturated rings. The summed E-state index contributed by atoms with van der Waals surface area (Å²) >= 11 is 0. The lowest BCUT2D eigenvalue weighted by molar-refractivity contribution is -0.116. The topological polar surface area (TPSA) is 61.4 Å². The number of piperazine rings is 1.